The van der Waals surface area contributed by atoms with Gasteiger partial charge in [0.15, 0.2) is 17.0 Å². The zero-order valence-electron chi connectivity index (χ0n) is 19.8. The van der Waals surface area contributed by atoms with E-state index in [-0.39, 0.29) is 30.8 Å². The number of anilines is 3. The second-order valence-electron chi connectivity index (χ2n) is 8.57. The summed E-state index contributed by atoms with van der Waals surface area (Å²) in [5, 5.41) is 16.0. The molecule has 196 valence electrons. The van der Waals surface area contributed by atoms with E-state index in [1.807, 2.05) is 41.0 Å². The second-order valence-corrected chi connectivity index (χ2v) is 13.2. The number of fused-ring (bicyclic) bond motifs is 1. The van der Waals surface area contributed by atoms with Crippen LogP contribution in [0.4, 0.5) is 17.5 Å². The van der Waals surface area contributed by atoms with Crippen LogP contribution < -0.4 is 10.6 Å². The van der Waals surface area contributed by atoms with Gasteiger partial charge < -0.3 is 35.0 Å². The molecule has 0 saturated heterocycles. The molecule has 0 bridgehead atoms. The summed E-state index contributed by atoms with van der Waals surface area (Å²) in [6, 6.07) is 16.5. The quantitative estimate of drug-likeness (QED) is 0.112. The van der Waals surface area contributed by atoms with Crippen LogP contribution >= 0.6 is 15.0 Å². The molecule has 6 N–H and O–H groups in total. The first-order valence-electron chi connectivity index (χ1n) is 11.5. The predicted molar refractivity (Wildman–Crippen MR) is 142 cm³/mol. The number of aryl methyl sites for hydroxylation is 2. The van der Waals surface area contributed by atoms with Crippen molar-refractivity contribution in [2.45, 2.75) is 19.4 Å². The third-order valence-corrected chi connectivity index (χ3v) is 9.68. The zero-order chi connectivity index (χ0) is 26.5. The number of phenols is 1. The molecular formula is C23H28N6O6P2. The van der Waals surface area contributed by atoms with E-state index >= 15 is 0 Å². The van der Waals surface area contributed by atoms with Crippen molar-refractivity contribution in [3.05, 3.63) is 66.5 Å². The van der Waals surface area contributed by atoms with Crippen molar-refractivity contribution in [1.82, 2.24) is 19.5 Å². The van der Waals surface area contributed by atoms with Gasteiger partial charge in [-0.15, -0.1) is 0 Å². The van der Waals surface area contributed by atoms with Crippen LogP contribution in [-0.2, 0) is 22.1 Å². The van der Waals surface area contributed by atoms with Crippen molar-refractivity contribution in [1.29, 1.82) is 0 Å². The zero-order valence-corrected chi connectivity index (χ0v) is 21.6. The Morgan fingerprint density at radius 1 is 0.973 bits per heavy atom. The van der Waals surface area contributed by atoms with Gasteiger partial charge in [-0.3, -0.25) is 9.13 Å². The minimum atomic E-state index is -4.58. The van der Waals surface area contributed by atoms with E-state index in [0.717, 1.165) is 11.3 Å². The summed E-state index contributed by atoms with van der Waals surface area (Å²) in [5.41, 5.74) is 2.90. The monoisotopic (exact) mass is 546 g/mol. The average molecular weight is 546 g/mol. The summed E-state index contributed by atoms with van der Waals surface area (Å²) in [6.07, 6.45) is 2.25. The summed E-state index contributed by atoms with van der Waals surface area (Å²) >= 11 is 0. The topological polar surface area (TPSA) is 183 Å². The lowest BCUT2D eigenvalue weighted by Gasteiger charge is -2.13. The van der Waals surface area contributed by atoms with Gasteiger partial charge in [0.25, 0.3) is 0 Å². The number of hydrogen-bond donors (Lipinski definition) is 6. The number of rotatable bonds is 12. The second kappa shape index (κ2) is 11.4. The maximum atomic E-state index is 12.1. The molecule has 12 nitrogen and oxygen atoms in total. The smallest absolute Gasteiger partial charge is 0.335 e. The minimum Gasteiger partial charge on any atom is -0.508 e. The molecule has 4 aromatic rings. The van der Waals surface area contributed by atoms with E-state index < -0.39 is 20.9 Å². The molecule has 0 aliphatic rings. The number of aromatic hydroxyl groups is 1. The number of nitrogens with zero attached hydrogens (tertiary/aromatic N) is 4. The van der Waals surface area contributed by atoms with Crippen LogP contribution in [0.5, 0.6) is 5.75 Å². The predicted octanol–water partition coefficient (Wildman–Crippen LogP) is 3.73. The Hall–Kier alpha value is -3.27. The first-order valence-corrected chi connectivity index (χ1v) is 15.3. The lowest BCUT2D eigenvalue weighted by Crippen LogP contribution is -2.10. The molecule has 2 aromatic carbocycles. The molecule has 0 spiro atoms. The Kier molecular flexibility index (Phi) is 8.26. The number of aromatic nitrogens is 4. The van der Waals surface area contributed by atoms with Gasteiger partial charge in [0.05, 0.1) is 6.33 Å². The third kappa shape index (κ3) is 7.85. The van der Waals surface area contributed by atoms with Crippen molar-refractivity contribution >= 4 is 43.6 Å². The Bertz CT molecular complexity index is 1460. The van der Waals surface area contributed by atoms with Crippen molar-refractivity contribution in [2.24, 2.45) is 0 Å². The van der Waals surface area contributed by atoms with Gasteiger partial charge >= 0.3 is 7.60 Å². The summed E-state index contributed by atoms with van der Waals surface area (Å²) in [7, 11) is -8.54. The number of phenolic OH excluding ortho intramolecular Hbond substituents is 1. The summed E-state index contributed by atoms with van der Waals surface area (Å²) < 4.78 is 25.0. The Balaban J connectivity index is 1.53. The molecule has 2 heterocycles. The van der Waals surface area contributed by atoms with E-state index in [1.165, 1.54) is 0 Å². The van der Waals surface area contributed by atoms with Crippen LogP contribution in [0.1, 0.15) is 12.0 Å². The molecule has 0 aliphatic carbocycles. The third-order valence-electron chi connectivity index (χ3n) is 5.42. The summed E-state index contributed by atoms with van der Waals surface area (Å²) in [5.74, 6) is -0.0901. The van der Waals surface area contributed by atoms with Gasteiger partial charge in [0.1, 0.15) is 11.7 Å². The first-order chi connectivity index (χ1) is 17.6. The molecule has 1 unspecified atom stereocenters. The Morgan fingerprint density at radius 3 is 2.49 bits per heavy atom. The van der Waals surface area contributed by atoms with Gasteiger partial charge in [0, 0.05) is 24.9 Å². The molecule has 0 radical (unpaired) electrons. The summed E-state index contributed by atoms with van der Waals surface area (Å²) in [6.45, 7) is 0.774. The highest BCUT2D eigenvalue weighted by atomic mass is 31.2. The molecule has 0 fully saturated rings. The molecule has 0 saturated carbocycles. The van der Waals surface area contributed by atoms with E-state index in [2.05, 4.69) is 25.6 Å². The van der Waals surface area contributed by atoms with Gasteiger partial charge in [-0.1, -0.05) is 30.3 Å². The molecule has 14 heteroatoms. The number of benzene rings is 2. The van der Waals surface area contributed by atoms with Gasteiger partial charge in [-0.25, -0.2) is 4.98 Å². The molecular weight excluding hydrogens is 518 g/mol. The van der Waals surface area contributed by atoms with Crippen LogP contribution in [0.15, 0.2) is 60.9 Å². The number of hydrogen-bond acceptors (Lipinski definition) is 8. The van der Waals surface area contributed by atoms with Gasteiger partial charge in [0.2, 0.25) is 13.3 Å². The molecule has 2 aromatic heterocycles. The highest BCUT2D eigenvalue weighted by Gasteiger charge is 2.28. The fourth-order valence-electron chi connectivity index (χ4n) is 3.78. The fourth-order valence-corrected chi connectivity index (χ4v) is 7.30. The van der Waals surface area contributed by atoms with Crippen LogP contribution in [0.25, 0.3) is 11.2 Å². The SMILES string of the molecule is O=P(O)(O)CP(=O)(O)CCCNc1nc(Nc2ccccc2)c2ncn(CCc3cccc(O)c3)c2n1. The van der Waals surface area contributed by atoms with Gasteiger partial charge in [-0.05, 0) is 42.7 Å². The van der Waals surface area contributed by atoms with Crippen molar-refractivity contribution in [3.63, 3.8) is 0 Å². The maximum Gasteiger partial charge on any atom is 0.335 e. The van der Waals surface area contributed by atoms with Crippen molar-refractivity contribution in [2.75, 3.05) is 29.2 Å². The van der Waals surface area contributed by atoms with Crippen LogP contribution in [0.2, 0.25) is 0 Å². The standard InChI is InChI=1S/C23H28N6O6P2/c30-19-9-4-6-17(14-19)10-12-29-15-25-20-21(26-18-7-2-1-3-8-18)27-23(28-22(20)29)24-11-5-13-36(31,32)16-37(33,34)35/h1-4,6-9,14-15,30H,5,10-13,16H2,(H,31,32)(H2,33,34,35)(H2,24,26,27,28). The van der Waals surface area contributed by atoms with Crippen LogP contribution in [0, 0.1) is 0 Å². The Morgan fingerprint density at radius 2 is 1.76 bits per heavy atom. The number of para-hydroxylation sites is 1. The number of imidazole rings is 1. The van der Waals surface area contributed by atoms with Crippen molar-refractivity contribution < 1.29 is 28.9 Å². The molecule has 0 amide bonds. The van der Waals surface area contributed by atoms with E-state index in [0.29, 0.717) is 29.9 Å². The number of nitrogens with one attached hydrogen (secondary N) is 2. The maximum absolute atomic E-state index is 12.1. The molecule has 37 heavy (non-hydrogen) atoms. The van der Waals surface area contributed by atoms with Crippen molar-refractivity contribution in [3.8, 4) is 5.75 Å². The lowest BCUT2D eigenvalue weighted by atomic mass is 10.1. The lowest BCUT2D eigenvalue weighted by molar-refractivity contribution is 0.376. The minimum absolute atomic E-state index is 0.188. The molecule has 4 rings (SSSR count). The largest absolute Gasteiger partial charge is 0.508 e. The first kappa shape index (κ1) is 26.8. The van der Waals surface area contributed by atoms with Crippen LogP contribution in [-0.4, -0.2) is 57.9 Å². The molecule has 0 aliphatic heterocycles. The highest BCUT2D eigenvalue weighted by Crippen LogP contribution is 2.54. The summed E-state index contributed by atoms with van der Waals surface area (Å²) in [4.78, 5) is 41.5. The van der Waals surface area contributed by atoms with E-state index in [1.54, 1.807) is 24.5 Å². The Labute approximate surface area is 213 Å². The van der Waals surface area contributed by atoms with E-state index in [4.69, 9.17) is 9.79 Å². The fraction of sp³-hybridized carbons (Fsp3) is 0.261. The van der Waals surface area contributed by atoms with Crippen LogP contribution in [0.3, 0.4) is 0 Å². The molecule has 1 atom stereocenters. The van der Waals surface area contributed by atoms with Gasteiger partial charge in [-0.2, -0.15) is 9.97 Å². The normalized spacial score (nSPS) is 13.4. The average Bonchev–Trinajstić information content (AvgIpc) is 3.23. The highest BCUT2D eigenvalue weighted by molar-refractivity contribution is 7.72. The van der Waals surface area contributed by atoms with E-state index in [9.17, 15) is 19.1 Å².